The number of ether oxygens (including phenoxy) is 1. The molecule has 1 aliphatic rings. The number of aromatic nitrogens is 1. The molecule has 0 saturated carbocycles. The average Bonchev–Trinajstić information content (AvgIpc) is 2.39. The van der Waals surface area contributed by atoms with Crippen molar-refractivity contribution >= 4 is 5.91 Å². The first-order valence-electron chi connectivity index (χ1n) is 5.30. The molecule has 1 amide bonds. The number of nitrogens with zero attached hydrogens (tertiary/aromatic N) is 2. The van der Waals surface area contributed by atoms with Crippen LogP contribution >= 0.6 is 0 Å². The molecule has 1 aromatic rings. The number of hydrogen-bond donors (Lipinski definition) is 1. The number of rotatable bonds is 2. The van der Waals surface area contributed by atoms with Crippen LogP contribution in [0.2, 0.25) is 0 Å². The highest BCUT2D eigenvalue weighted by Gasteiger charge is 2.18. The fraction of sp³-hybridized carbons (Fsp3) is 0.455. The molecule has 1 aromatic heterocycles. The van der Waals surface area contributed by atoms with Crippen LogP contribution in [0.15, 0.2) is 18.5 Å². The molecule has 0 spiro atoms. The average molecular weight is 221 g/mol. The third-order valence-electron chi connectivity index (χ3n) is 2.60. The van der Waals surface area contributed by atoms with Gasteiger partial charge in [-0.1, -0.05) is 0 Å². The number of pyridine rings is 1. The van der Waals surface area contributed by atoms with Gasteiger partial charge >= 0.3 is 0 Å². The van der Waals surface area contributed by atoms with Gasteiger partial charge in [0.1, 0.15) is 5.75 Å². The lowest BCUT2D eigenvalue weighted by atomic mass is 10.2. The van der Waals surface area contributed by atoms with Gasteiger partial charge in [0.2, 0.25) is 0 Å². The maximum Gasteiger partial charge on any atom is 0.255 e. The Morgan fingerprint density at radius 3 is 2.88 bits per heavy atom. The second-order valence-electron chi connectivity index (χ2n) is 3.66. The van der Waals surface area contributed by atoms with E-state index in [1.807, 2.05) is 4.90 Å². The summed E-state index contributed by atoms with van der Waals surface area (Å²) >= 11 is 0. The molecule has 2 rings (SSSR count). The van der Waals surface area contributed by atoms with E-state index in [4.69, 9.17) is 4.74 Å². The molecule has 1 saturated heterocycles. The summed E-state index contributed by atoms with van der Waals surface area (Å²) in [5.74, 6) is 0.633. The van der Waals surface area contributed by atoms with E-state index in [2.05, 4.69) is 10.3 Å². The predicted octanol–water partition coefficient (Wildman–Crippen LogP) is 0.136. The van der Waals surface area contributed by atoms with Crippen molar-refractivity contribution in [2.24, 2.45) is 0 Å². The Morgan fingerprint density at radius 1 is 1.44 bits per heavy atom. The van der Waals surface area contributed by atoms with Crippen LogP contribution in [-0.2, 0) is 0 Å². The van der Waals surface area contributed by atoms with Gasteiger partial charge in [-0.15, -0.1) is 0 Å². The second kappa shape index (κ2) is 4.94. The molecule has 0 unspecified atom stereocenters. The van der Waals surface area contributed by atoms with E-state index in [0.29, 0.717) is 11.3 Å². The van der Waals surface area contributed by atoms with E-state index < -0.39 is 0 Å². The van der Waals surface area contributed by atoms with Crippen LogP contribution in [0.4, 0.5) is 0 Å². The second-order valence-corrected chi connectivity index (χ2v) is 3.66. The number of hydrogen-bond acceptors (Lipinski definition) is 4. The molecule has 2 heterocycles. The molecule has 1 aliphatic heterocycles. The standard InChI is InChI=1S/C11H15N3O2/c1-16-10-6-9(7-13-8-10)11(15)14-4-2-12-3-5-14/h6-8,12H,2-5H2,1H3. The third kappa shape index (κ3) is 2.30. The number of nitrogens with one attached hydrogen (secondary N) is 1. The normalized spacial score (nSPS) is 15.9. The molecule has 0 aliphatic carbocycles. The fourth-order valence-corrected chi connectivity index (χ4v) is 1.70. The van der Waals surface area contributed by atoms with Gasteiger partial charge in [0, 0.05) is 32.4 Å². The molecule has 0 bridgehead atoms. The monoisotopic (exact) mass is 221 g/mol. The minimum absolute atomic E-state index is 0.0212. The van der Waals surface area contributed by atoms with E-state index in [-0.39, 0.29) is 5.91 Å². The maximum absolute atomic E-state index is 12.1. The van der Waals surface area contributed by atoms with E-state index in [9.17, 15) is 4.79 Å². The fourth-order valence-electron chi connectivity index (χ4n) is 1.70. The van der Waals surface area contributed by atoms with E-state index >= 15 is 0 Å². The Balaban J connectivity index is 2.12. The molecule has 0 atom stereocenters. The van der Waals surface area contributed by atoms with Gasteiger partial charge in [-0.3, -0.25) is 9.78 Å². The number of methoxy groups -OCH3 is 1. The zero-order chi connectivity index (χ0) is 11.4. The maximum atomic E-state index is 12.1. The largest absolute Gasteiger partial charge is 0.495 e. The smallest absolute Gasteiger partial charge is 0.255 e. The van der Waals surface area contributed by atoms with E-state index in [1.54, 1.807) is 25.6 Å². The van der Waals surface area contributed by atoms with Crippen molar-refractivity contribution in [1.29, 1.82) is 0 Å². The minimum Gasteiger partial charge on any atom is -0.495 e. The van der Waals surface area contributed by atoms with Crippen LogP contribution in [0.3, 0.4) is 0 Å². The van der Waals surface area contributed by atoms with Crippen LogP contribution in [-0.4, -0.2) is 49.1 Å². The Morgan fingerprint density at radius 2 is 2.19 bits per heavy atom. The quantitative estimate of drug-likeness (QED) is 0.771. The highest BCUT2D eigenvalue weighted by atomic mass is 16.5. The third-order valence-corrected chi connectivity index (χ3v) is 2.60. The Labute approximate surface area is 94.4 Å². The van der Waals surface area contributed by atoms with Crippen molar-refractivity contribution in [1.82, 2.24) is 15.2 Å². The Bertz CT molecular complexity index is 375. The first-order chi connectivity index (χ1) is 7.81. The first kappa shape index (κ1) is 10.9. The molecular weight excluding hydrogens is 206 g/mol. The van der Waals surface area contributed by atoms with Crippen molar-refractivity contribution in [2.45, 2.75) is 0 Å². The molecule has 1 N–H and O–H groups in total. The number of carbonyl (C=O) groups is 1. The Hall–Kier alpha value is -1.62. The lowest BCUT2D eigenvalue weighted by Gasteiger charge is -2.27. The van der Waals surface area contributed by atoms with E-state index in [0.717, 1.165) is 26.2 Å². The minimum atomic E-state index is 0.0212. The number of piperazine rings is 1. The SMILES string of the molecule is COc1cncc(C(=O)N2CCNCC2)c1. The van der Waals surface area contributed by atoms with Crippen LogP contribution < -0.4 is 10.1 Å². The predicted molar refractivity (Wildman–Crippen MR) is 59.6 cm³/mol. The highest BCUT2D eigenvalue weighted by Crippen LogP contribution is 2.12. The Kier molecular flexibility index (Phi) is 3.36. The molecule has 0 aromatic carbocycles. The summed E-state index contributed by atoms with van der Waals surface area (Å²) in [6, 6.07) is 1.72. The summed E-state index contributed by atoms with van der Waals surface area (Å²) in [6.07, 6.45) is 3.17. The van der Waals surface area contributed by atoms with Gasteiger partial charge in [-0.05, 0) is 6.07 Å². The summed E-state index contributed by atoms with van der Waals surface area (Å²) in [7, 11) is 1.57. The van der Waals surface area contributed by atoms with Crippen LogP contribution in [0.1, 0.15) is 10.4 Å². The van der Waals surface area contributed by atoms with Gasteiger partial charge in [-0.25, -0.2) is 0 Å². The van der Waals surface area contributed by atoms with Gasteiger partial charge in [0.05, 0.1) is 18.9 Å². The number of carbonyl (C=O) groups excluding carboxylic acids is 1. The molecule has 86 valence electrons. The summed E-state index contributed by atoms with van der Waals surface area (Å²) in [4.78, 5) is 17.9. The molecular formula is C11H15N3O2. The number of amides is 1. The van der Waals surface area contributed by atoms with Gasteiger partial charge < -0.3 is 15.0 Å². The van der Waals surface area contributed by atoms with Gasteiger partial charge in [0.15, 0.2) is 0 Å². The summed E-state index contributed by atoms with van der Waals surface area (Å²) in [5.41, 5.74) is 0.584. The molecule has 0 radical (unpaired) electrons. The van der Waals surface area contributed by atoms with Crippen molar-refractivity contribution in [3.63, 3.8) is 0 Å². The first-order valence-corrected chi connectivity index (χ1v) is 5.30. The lowest BCUT2D eigenvalue weighted by molar-refractivity contribution is 0.0735. The topological polar surface area (TPSA) is 54.5 Å². The molecule has 16 heavy (non-hydrogen) atoms. The zero-order valence-electron chi connectivity index (χ0n) is 9.27. The van der Waals surface area contributed by atoms with Crippen molar-refractivity contribution in [3.05, 3.63) is 24.0 Å². The zero-order valence-corrected chi connectivity index (χ0v) is 9.27. The van der Waals surface area contributed by atoms with E-state index in [1.165, 1.54) is 0 Å². The van der Waals surface area contributed by atoms with Crippen molar-refractivity contribution in [3.8, 4) is 5.75 Å². The summed E-state index contributed by atoms with van der Waals surface area (Å²) in [5, 5.41) is 3.21. The van der Waals surface area contributed by atoms with Crippen molar-refractivity contribution < 1.29 is 9.53 Å². The van der Waals surface area contributed by atoms with Gasteiger partial charge in [-0.2, -0.15) is 0 Å². The van der Waals surface area contributed by atoms with Gasteiger partial charge in [0.25, 0.3) is 5.91 Å². The summed E-state index contributed by atoms with van der Waals surface area (Å²) in [6.45, 7) is 3.19. The molecule has 5 nitrogen and oxygen atoms in total. The molecule has 5 heteroatoms. The van der Waals surface area contributed by atoms with Crippen LogP contribution in [0.25, 0.3) is 0 Å². The lowest BCUT2D eigenvalue weighted by Crippen LogP contribution is -2.46. The summed E-state index contributed by atoms with van der Waals surface area (Å²) < 4.78 is 5.05. The van der Waals surface area contributed by atoms with Crippen LogP contribution in [0.5, 0.6) is 5.75 Å². The van der Waals surface area contributed by atoms with Crippen molar-refractivity contribution in [2.75, 3.05) is 33.3 Å². The van der Waals surface area contributed by atoms with Crippen LogP contribution in [0, 0.1) is 0 Å². The molecule has 1 fully saturated rings. The highest BCUT2D eigenvalue weighted by molar-refractivity contribution is 5.94.